The first-order valence-corrected chi connectivity index (χ1v) is 8.48. The van der Waals surface area contributed by atoms with Gasteiger partial charge in [-0.3, -0.25) is 0 Å². The van der Waals surface area contributed by atoms with Gasteiger partial charge in [0.1, 0.15) is 0 Å². The molecule has 0 saturated carbocycles. The highest BCUT2D eigenvalue weighted by molar-refractivity contribution is 7.87. The number of piperazine rings is 1. The third-order valence-electron chi connectivity index (χ3n) is 3.26. The Morgan fingerprint density at radius 3 is 2.50 bits per heavy atom. The molecule has 1 fully saturated rings. The summed E-state index contributed by atoms with van der Waals surface area (Å²) in [5, 5.41) is 3.15. The van der Waals surface area contributed by atoms with Gasteiger partial charge in [-0.15, -0.1) is 0 Å². The van der Waals surface area contributed by atoms with Crippen molar-refractivity contribution in [1.29, 1.82) is 0 Å². The number of unbranched alkanes of at least 4 members (excludes halogenated alkanes) is 3. The lowest BCUT2D eigenvalue weighted by molar-refractivity contribution is 0.350. The Labute approximate surface area is 112 Å². The molecular formula is C12H27N3O2S. The highest BCUT2D eigenvalue weighted by atomic mass is 32.2. The molecule has 0 radical (unpaired) electrons. The van der Waals surface area contributed by atoms with Crippen molar-refractivity contribution in [2.24, 2.45) is 0 Å². The van der Waals surface area contributed by atoms with Gasteiger partial charge in [-0.25, -0.2) is 0 Å². The second kappa shape index (κ2) is 8.09. The van der Waals surface area contributed by atoms with Crippen molar-refractivity contribution in [3.05, 3.63) is 0 Å². The molecule has 0 aromatic carbocycles. The van der Waals surface area contributed by atoms with E-state index >= 15 is 0 Å². The minimum Gasteiger partial charge on any atom is -0.314 e. The van der Waals surface area contributed by atoms with Gasteiger partial charge in [-0.2, -0.15) is 17.4 Å². The fourth-order valence-electron chi connectivity index (χ4n) is 2.15. The quantitative estimate of drug-likeness (QED) is 0.653. The van der Waals surface area contributed by atoms with Gasteiger partial charge in [0, 0.05) is 32.2 Å². The normalized spacial score (nSPS) is 19.9. The van der Waals surface area contributed by atoms with Crippen molar-refractivity contribution >= 4 is 10.2 Å². The van der Waals surface area contributed by atoms with Crippen molar-refractivity contribution in [2.45, 2.75) is 52.0 Å². The van der Waals surface area contributed by atoms with E-state index in [0.29, 0.717) is 13.1 Å². The highest BCUT2D eigenvalue weighted by Gasteiger charge is 2.24. The van der Waals surface area contributed by atoms with Crippen molar-refractivity contribution in [3.8, 4) is 0 Å². The molecule has 0 aliphatic carbocycles. The molecule has 0 aromatic rings. The van der Waals surface area contributed by atoms with Crippen LogP contribution in [0.1, 0.15) is 46.0 Å². The number of hydrogen-bond donors (Lipinski definition) is 2. The summed E-state index contributed by atoms with van der Waals surface area (Å²) in [6.07, 6.45) is 5.65. The van der Waals surface area contributed by atoms with Crippen LogP contribution in [0.25, 0.3) is 0 Å². The van der Waals surface area contributed by atoms with Crippen LogP contribution in [-0.2, 0) is 10.2 Å². The molecule has 1 aliphatic rings. The van der Waals surface area contributed by atoms with Crippen LogP contribution < -0.4 is 10.0 Å². The number of rotatable bonds is 8. The van der Waals surface area contributed by atoms with Crippen molar-refractivity contribution in [1.82, 2.24) is 14.3 Å². The maximum Gasteiger partial charge on any atom is 0.279 e. The Hall–Kier alpha value is -0.170. The molecule has 0 bridgehead atoms. The molecule has 1 heterocycles. The molecule has 2 N–H and O–H groups in total. The summed E-state index contributed by atoms with van der Waals surface area (Å²) in [7, 11) is -3.28. The molecule has 6 heteroatoms. The van der Waals surface area contributed by atoms with Gasteiger partial charge in [0.2, 0.25) is 0 Å². The van der Waals surface area contributed by atoms with Crippen LogP contribution in [0.5, 0.6) is 0 Å². The topological polar surface area (TPSA) is 61.4 Å². The summed E-state index contributed by atoms with van der Waals surface area (Å²) >= 11 is 0. The average Bonchev–Trinajstić information content (AvgIpc) is 2.35. The zero-order chi connectivity index (χ0) is 13.4. The zero-order valence-electron chi connectivity index (χ0n) is 11.6. The van der Waals surface area contributed by atoms with Crippen molar-refractivity contribution < 1.29 is 8.42 Å². The Morgan fingerprint density at radius 1 is 1.22 bits per heavy atom. The summed E-state index contributed by atoms with van der Waals surface area (Å²) < 4.78 is 28.5. The Kier molecular flexibility index (Phi) is 7.14. The minimum absolute atomic E-state index is 0.0294. The van der Waals surface area contributed by atoms with Crippen LogP contribution in [0.15, 0.2) is 0 Å². The van der Waals surface area contributed by atoms with E-state index in [4.69, 9.17) is 0 Å². The van der Waals surface area contributed by atoms with Gasteiger partial charge in [-0.1, -0.05) is 32.6 Å². The first-order chi connectivity index (χ1) is 8.56. The van der Waals surface area contributed by atoms with E-state index in [1.54, 1.807) is 0 Å². The molecule has 1 unspecified atom stereocenters. The summed E-state index contributed by atoms with van der Waals surface area (Å²) in [4.78, 5) is 0. The van der Waals surface area contributed by atoms with E-state index in [9.17, 15) is 8.42 Å². The standard InChI is InChI=1S/C12H27N3O2S/c1-3-4-5-6-7-12(2)14-18(16,17)15-10-8-13-9-11-15/h12-14H,3-11H2,1-2H3. The molecule has 18 heavy (non-hydrogen) atoms. The lowest BCUT2D eigenvalue weighted by atomic mass is 10.1. The Morgan fingerprint density at radius 2 is 1.89 bits per heavy atom. The maximum absolute atomic E-state index is 12.1. The van der Waals surface area contributed by atoms with Gasteiger partial charge in [0.05, 0.1) is 0 Å². The third-order valence-corrected chi connectivity index (χ3v) is 5.00. The molecule has 1 saturated heterocycles. The smallest absolute Gasteiger partial charge is 0.279 e. The molecule has 5 nitrogen and oxygen atoms in total. The Bertz CT molecular complexity index is 313. The zero-order valence-corrected chi connectivity index (χ0v) is 12.4. The van der Waals surface area contributed by atoms with Crippen LogP contribution in [-0.4, -0.2) is 44.9 Å². The van der Waals surface area contributed by atoms with Gasteiger partial charge >= 0.3 is 0 Å². The fraction of sp³-hybridized carbons (Fsp3) is 1.00. The van der Waals surface area contributed by atoms with E-state index in [2.05, 4.69) is 17.0 Å². The lowest BCUT2D eigenvalue weighted by Crippen LogP contribution is -2.52. The number of hydrogen-bond acceptors (Lipinski definition) is 3. The van der Waals surface area contributed by atoms with Gasteiger partial charge in [0.15, 0.2) is 0 Å². The van der Waals surface area contributed by atoms with Gasteiger partial charge < -0.3 is 5.32 Å². The predicted octanol–water partition coefficient (Wildman–Crippen LogP) is 1.08. The third kappa shape index (κ3) is 5.65. The van der Waals surface area contributed by atoms with Crippen molar-refractivity contribution in [2.75, 3.05) is 26.2 Å². The van der Waals surface area contributed by atoms with Crippen LogP contribution in [0.4, 0.5) is 0 Å². The van der Waals surface area contributed by atoms with Gasteiger partial charge in [0.25, 0.3) is 10.2 Å². The van der Waals surface area contributed by atoms with Crippen LogP contribution >= 0.6 is 0 Å². The summed E-state index contributed by atoms with van der Waals surface area (Å²) in [6, 6.07) is 0.0294. The summed E-state index contributed by atoms with van der Waals surface area (Å²) in [6.45, 7) is 6.75. The van der Waals surface area contributed by atoms with E-state index in [-0.39, 0.29) is 6.04 Å². The summed E-state index contributed by atoms with van der Waals surface area (Å²) in [5.41, 5.74) is 0. The Balaban J connectivity index is 2.30. The molecule has 0 spiro atoms. The number of nitrogens with one attached hydrogen (secondary N) is 2. The maximum atomic E-state index is 12.1. The average molecular weight is 277 g/mol. The van der Waals surface area contributed by atoms with Crippen LogP contribution in [0, 0.1) is 0 Å². The van der Waals surface area contributed by atoms with E-state index < -0.39 is 10.2 Å². The monoisotopic (exact) mass is 277 g/mol. The first-order valence-electron chi connectivity index (χ1n) is 7.04. The SMILES string of the molecule is CCCCCCC(C)NS(=O)(=O)N1CCNCC1. The molecular weight excluding hydrogens is 250 g/mol. The minimum atomic E-state index is -3.28. The van der Waals surface area contributed by atoms with E-state index in [0.717, 1.165) is 25.9 Å². The molecule has 1 atom stereocenters. The lowest BCUT2D eigenvalue weighted by Gasteiger charge is -2.28. The second-order valence-corrected chi connectivity index (χ2v) is 6.72. The fourth-order valence-corrected chi connectivity index (χ4v) is 3.59. The molecule has 1 rings (SSSR count). The predicted molar refractivity (Wildman–Crippen MR) is 74.7 cm³/mol. The van der Waals surface area contributed by atoms with E-state index in [1.807, 2.05) is 6.92 Å². The molecule has 1 aliphatic heterocycles. The molecule has 0 aromatic heterocycles. The summed E-state index contributed by atoms with van der Waals surface area (Å²) in [5.74, 6) is 0. The molecule has 0 amide bonds. The van der Waals surface area contributed by atoms with Crippen LogP contribution in [0.2, 0.25) is 0 Å². The van der Waals surface area contributed by atoms with Gasteiger partial charge in [-0.05, 0) is 13.3 Å². The number of nitrogens with zero attached hydrogens (tertiary/aromatic N) is 1. The first kappa shape index (κ1) is 15.9. The molecule has 108 valence electrons. The highest BCUT2D eigenvalue weighted by Crippen LogP contribution is 2.08. The van der Waals surface area contributed by atoms with Crippen molar-refractivity contribution in [3.63, 3.8) is 0 Å². The van der Waals surface area contributed by atoms with E-state index in [1.165, 1.54) is 23.6 Å². The largest absolute Gasteiger partial charge is 0.314 e. The van der Waals surface area contributed by atoms with Crippen LogP contribution in [0.3, 0.4) is 0 Å². The second-order valence-electron chi connectivity index (χ2n) is 5.02.